The molecule has 2 nitrogen and oxygen atoms in total. The lowest BCUT2D eigenvalue weighted by Gasteiger charge is -2.39. The van der Waals surface area contributed by atoms with E-state index in [4.69, 9.17) is 11.5 Å². The van der Waals surface area contributed by atoms with Crippen LogP contribution in [0.25, 0.3) is 0 Å². The summed E-state index contributed by atoms with van der Waals surface area (Å²) >= 11 is 0. The fourth-order valence-electron chi connectivity index (χ4n) is 2.85. The second-order valence-corrected chi connectivity index (χ2v) is 4.47. The predicted octanol–water partition coefficient (Wildman–Crippen LogP) is 1.01. The first-order chi connectivity index (χ1) is 5.04. The minimum atomic E-state index is -0.682. The molecule has 2 aliphatic rings. The Morgan fingerprint density at radius 1 is 1.27 bits per heavy atom. The van der Waals surface area contributed by atoms with Crippen molar-refractivity contribution in [1.82, 2.24) is 0 Å². The molecular formula is C9H17N2. The van der Waals surface area contributed by atoms with Gasteiger partial charge in [0.2, 0.25) is 0 Å². The maximum atomic E-state index is 5.88. The second-order valence-electron chi connectivity index (χ2n) is 4.47. The minimum absolute atomic E-state index is 0.192. The smallest absolute Gasteiger partial charge is 0.0695 e. The molecule has 0 atom stereocenters. The van der Waals surface area contributed by atoms with E-state index in [2.05, 4.69) is 6.92 Å². The summed E-state index contributed by atoms with van der Waals surface area (Å²) in [4.78, 5) is 0. The molecule has 11 heavy (non-hydrogen) atoms. The molecule has 0 aromatic heterocycles. The van der Waals surface area contributed by atoms with Crippen LogP contribution >= 0.6 is 0 Å². The molecule has 0 aliphatic heterocycles. The number of hydrogen-bond donors (Lipinski definition) is 2. The van der Waals surface area contributed by atoms with Gasteiger partial charge in [-0.05, 0) is 44.9 Å². The van der Waals surface area contributed by atoms with E-state index >= 15 is 0 Å². The van der Waals surface area contributed by atoms with Crippen LogP contribution in [0.2, 0.25) is 0 Å². The van der Waals surface area contributed by atoms with Gasteiger partial charge < -0.3 is 11.5 Å². The molecule has 2 fully saturated rings. The van der Waals surface area contributed by atoms with Crippen molar-refractivity contribution in [2.75, 3.05) is 0 Å². The summed E-state index contributed by atoms with van der Waals surface area (Å²) in [6.45, 7) is 3.88. The second kappa shape index (κ2) is 1.99. The van der Waals surface area contributed by atoms with Crippen molar-refractivity contribution in [3.63, 3.8) is 0 Å². The Hall–Kier alpha value is -0.0800. The first-order valence-corrected chi connectivity index (χ1v) is 4.47. The standard InChI is InChI=1S/C9H17N2/c1-8(10,11)9-4-2-7(6-9)3-5-9/h7H,1-6,10-11H2. The van der Waals surface area contributed by atoms with Gasteiger partial charge in [-0.3, -0.25) is 0 Å². The largest absolute Gasteiger partial charge is 0.313 e. The van der Waals surface area contributed by atoms with Crippen LogP contribution in [0.3, 0.4) is 0 Å². The minimum Gasteiger partial charge on any atom is -0.313 e. The van der Waals surface area contributed by atoms with Gasteiger partial charge in [-0.2, -0.15) is 0 Å². The molecule has 4 N–H and O–H groups in total. The number of fused-ring (bicyclic) bond motifs is 2. The van der Waals surface area contributed by atoms with Crippen LogP contribution in [0, 0.1) is 18.3 Å². The zero-order chi connectivity index (χ0) is 8.11. The van der Waals surface area contributed by atoms with Gasteiger partial charge >= 0.3 is 0 Å². The van der Waals surface area contributed by atoms with E-state index in [1.165, 1.54) is 32.1 Å². The summed E-state index contributed by atoms with van der Waals surface area (Å²) in [5, 5.41) is 0. The maximum absolute atomic E-state index is 5.88. The van der Waals surface area contributed by atoms with Crippen LogP contribution in [0.1, 0.15) is 32.1 Å². The maximum Gasteiger partial charge on any atom is 0.0695 e. The van der Waals surface area contributed by atoms with Gasteiger partial charge in [0.1, 0.15) is 0 Å². The van der Waals surface area contributed by atoms with Crippen molar-refractivity contribution < 1.29 is 0 Å². The predicted molar refractivity (Wildman–Crippen MR) is 45.5 cm³/mol. The highest BCUT2D eigenvalue weighted by molar-refractivity contribution is 5.08. The molecule has 0 spiro atoms. The van der Waals surface area contributed by atoms with Gasteiger partial charge in [0.15, 0.2) is 0 Å². The Morgan fingerprint density at radius 2 is 1.82 bits per heavy atom. The SMILES string of the molecule is [CH2]C(N)(N)C12CCC(CC1)C2. The van der Waals surface area contributed by atoms with E-state index < -0.39 is 5.66 Å². The van der Waals surface area contributed by atoms with Gasteiger partial charge in [-0.25, -0.2) is 0 Å². The molecule has 2 rings (SSSR count). The highest BCUT2D eigenvalue weighted by Crippen LogP contribution is 2.57. The third kappa shape index (κ3) is 0.926. The number of hydrogen-bond acceptors (Lipinski definition) is 2. The van der Waals surface area contributed by atoms with E-state index in [1.54, 1.807) is 0 Å². The molecule has 0 amide bonds. The third-order valence-corrected chi connectivity index (χ3v) is 3.73. The normalized spacial score (nSPS) is 43.4. The van der Waals surface area contributed by atoms with Gasteiger partial charge in [-0.1, -0.05) is 0 Å². The van der Waals surface area contributed by atoms with Crippen LogP contribution < -0.4 is 11.5 Å². The zero-order valence-electron chi connectivity index (χ0n) is 6.97. The average Bonchev–Trinajstić information content (AvgIpc) is 2.42. The Kier molecular flexibility index (Phi) is 1.37. The Bertz CT molecular complexity index is 161. The molecule has 2 saturated carbocycles. The van der Waals surface area contributed by atoms with E-state index in [9.17, 15) is 0 Å². The molecule has 2 heteroatoms. The van der Waals surface area contributed by atoms with Crippen molar-refractivity contribution in [2.45, 2.75) is 37.8 Å². The highest BCUT2D eigenvalue weighted by Gasteiger charge is 2.52. The first-order valence-electron chi connectivity index (χ1n) is 4.47. The molecule has 0 aromatic carbocycles. The number of nitrogens with two attached hydrogens (primary N) is 2. The van der Waals surface area contributed by atoms with Crippen LogP contribution in [0.15, 0.2) is 0 Å². The molecular weight excluding hydrogens is 136 g/mol. The molecule has 0 saturated heterocycles. The van der Waals surface area contributed by atoms with Crippen molar-refractivity contribution in [2.24, 2.45) is 22.8 Å². The molecule has 2 aliphatic carbocycles. The first kappa shape index (κ1) is 7.56. The highest BCUT2D eigenvalue weighted by atomic mass is 15.0. The van der Waals surface area contributed by atoms with E-state index in [-0.39, 0.29) is 5.41 Å². The molecule has 0 unspecified atom stereocenters. The van der Waals surface area contributed by atoms with Gasteiger partial charge in [0.05, 0.1) is 5.66 Å². The van der Waals surface area contributed by atoms with Gasteiger partial charge in [0, 0.05) is 5.41 Å². The fraction of sp³-hybridized carbons (Fsp3) is 0.889. The van der Waals surface area contributed by atoms with E-state index in [1.807, 2.05) is 0 Å². The van der Waals surface area contributed by atoms with Crippen LogP contribution in [-0.2, 0) is 0 Å². The lowest BCUT2D eigenvalue weighted by atomic mass is 9.74. The van der Waals surface area contributed by atoms with E-state index in [0.29, 0.717) is 0 Å². The fourth-order valence-corrected chi connectivity index (χ4v) is 2.85. The van der Waals surface area contributed by atoms with Crippen molar-refractivity contribution in [3.8, 4) is 0 Å². The summed E-state index contributed by atoms with van der Waals surface area (Å²) < 4.78 is 0. The quantitative estimate of drug-likeness (QED) is 0.552. The molecule has 1 radical (unpaired) electrons. The molecule has 2 bridgehead atoms. The summed E-state index contributed by atoms with van der Waals surface area (Å²) in [5.74, 6) is 0.906. The Balaban J connectivity index is 2.23. The van der Waals surface area contributed by atoms with Crippen molar-refractivity contribution >= 4 is 0 Å². The lowest BCUT2D eigenvalue weighted by molar-refractivity contribution is 0.172. The Labute approximate surface area is 68.3 Å². The Morgan fingerprint density at radius 3 is 2.00 bits per heavy atom. The molecule has 63 valence electrons. The zero-order valence-corrected chi connectivity index (χ0v) is 6.97. The van der Waals surface area contributed by atoms with Crippen LogP contribution in [0.5, 0.6) is 0 Å². The monoisotopic (exact) mass is 153 g/mol. The van der Waals surface area contributed by atoms with Crippen LogP contribution in [0.4, 0.5) is 0 Å². The van der Waals surface area contributed by atoms with Gasteiger partial charge in [-0.15, -0.1) is 0 Å². The summed E-state index contributed by atoms with van der Waals surface area (Å²) in [6.07, 6.45) is 6.28. The molecule has 0 aromatic rings. The topological polar surface area (TPSA) is 52.0 Å². The van der Waals surface area contributed by atoms with E-state index in [0.717, 1.165) is 5.92 Å². The summed E-state index contributed by atoms with van der Waals surface area (Å²) in [7, 11) is 0. The summed E-state index contributed by atoms with van der Waals surface area (Å²) in [6, 6.07) is 0. The molecule has 0 heterocycles. The average molecular weight is 153 g/mol. The summed E-state index contributed by atoms with van der Waals surface area (Å²) in [5.41, 5.74) is 11.3. The number of rotatable bonds is 1. The lowest BCUT2D eigenvalue weighted by Crippen LogP contribution is -2.58. The van der Waals surface area contributed by atoms with Crippen molar-refractivity contribution in [1.29, 1.82) is 0 Å². The van der Waals surface area contributed by atoms with Crippen molar-refractivity contribution in [3.05, 3.63) is 6.92 Å². The van der Waals surface area contributed by atoms with Crippen LogP contribution in [-0.4, -0.2) is 5.66 Å². The van der Waals surface area contributed by atoms with Gasteiger partial charge in [0.25, 0.3) is 0 Å². The third-order valence-electron chi connectivity index (χ3n) is 3.73.